The standard InChI is InChI=1S/C27H20N4O3/c1-3-33-26(32)25-15-19-9-10-21(28-2)16-24(19)31(25)17-20-14-22(34-27-29-11-6-12-30-27)13-18-7-4-5-8-23(18)20/h4-16H,3,17H2,1H3. The van der Waals surface area contributed by atoms with E-state index < -0.39 is 5.97 Å². The third-order valence-electron chi connectivity index (χ3n) is 5.50. The number of carbonyl (C=O) groups is 1. The second-order valence-corrected chi connectivity index (χ2v) is 7.63. The maximum Gasteiger partial charge on any atom is 0.354 e. The van der Waals surface area contributed by atoms with Crippen LogP contribution in [0.25, 0.3) is 26.5 Å². The van der Waals surface area contributed by atoms with Crippen molar-refractivity contribution in [2.24, 2.45) is 0 Å². The molecule has 7 nitrogen and oxygen atoms in total. The summed E-state index contributed by atoms with van der Waals surface area (Å²) < 4.78 is 13.1. The van der Waals surface area contributed by atoms with Crippen LogP contribution in [0.4, 0.5) is 5.69 Å². The van der Waals surface area contributed by atoms with Crippen molar-refractivity contribution in [3.8, 4) is 11.8 Å². The molecule has 7 heteroatoms. The Kier molecular flexibility index (Phi) is 5.63. The van der Waals surface area contributed by atoms with E-state index in [0.29, 0.717) is 23.7 Å². The topological polar surface area (TPSA) is 70.6 Å². The number of carbonyl (C=O) groups excluding carboxylic acids is 1. The number of aromatic nitrogens is 3. The minimum atomic E-state index is -0.405. The Hall–Kier alpha value is -4.70. The summed E-state index contributed by atoms with van der Waals surface area (Å²) in [5, 5.41) is 2.88. The molecular weight excluding hydrogens is 428 g/mol. The van der Waals surface area contributed by atoms with Gasteiger partial charge in [0.15, 0.2) is 5.69 Å². The fourth-order valence-corrected chi connectivity index (χ4v) is 4.02. The molecule has 0 fully saturated rings. The van der Waals surface area contributed by atoms with Gasteiger partial charge in [-0.25, -0.2) is 19.6 Å². The van der Waals surface area contributed by atoms with Gasteiger partial charge >= 0.3 is 12.0 Å². The van der Waals surface area contributed by atoms with Crippen molar-refractivity contribution >= 4 is 33.3 Å². The summed E-state index contributed by atoms with van der Waals surface area (Å²) in [6, 6.07) is 21.0. The van der Waals surface area contributed by atoms with Crippen LogP contribution >= 0.6 is 0 Å². The van der Waals surface area contributed by atoms with Crippen LogP contribution in [0.15, 0.2) is 79.1 Å². The fraction of sp³-hybridized carbons (Fsp3) is 0.111. The molecule has 5 rings (SSSR count). The van der Waals surface area contributed by atoms with Crippen LogP contribution < -0.4 is 4.74 Å². The minimum Gasteiger partial charge on any atom is -0.461 e. The zero-order valence-corrected chi connectivity index (χ0v) is 18.4. The summed E-state index contributed by atoms with van der Waals surface area (Å²) in [6.45, 7) is 9.84. The molecule has 0 unspecified atom stereocenters. The van der Waals surface area contributed by atoms with Crippen LogP contribution in [0.1, 0.15) is 23.0 Å². The van der Waals surface area contributed by atoms with E-state index in [1.165, 1.54) is 0 Å². The lowest BCUT2D eigenvalue weighted by molar-refractivity contribution is 0.0515. The van der Waals surface area contributed by atoms with Crippen molar-refractivity contribution < 1.29 is 14.3 Å². The first-order valence-electron chi connectivity index (χ1n) is 10.8. The van der Waals surface area contributed by atoms with Crippen molar-refractivity contribution in [3.63, 3.8) is 0 Å². The maximum absolute atomic E-state index is 12.8. The van der Waals surface area contributed by atoms with Crippen LogP contribution in [0.3, 0.4) is 0 Å². The fourth-order valence-electron chi connectivity index (χ4n) is 4.02. The average molecular weight is 448 g/mol. The molecule has 0 N–H and O–H groups in total. The quantitative estimate of drug-likeness (QED) is 0.230. The molecule has 2 aromatic heterocycles. The van der Waals surface area contributed by atoms with Crippen LogP contribution in [0, 0.1) is 6.57 Å². The number of ether oxygens (including phenoxy) is 2. The normalized spacial score (nSPS) is 10.8. The Morgan fingerprint density at radius 1 is 1.00 bits per heavy atom. The molecule has 0 saturated heterocycles. The minimum absolute atomic E-state index is 0.254. The third kappa shape index (κ3) is 4.05. The van der Waals surface area contributed by atoms with E-state index in [4.69, 9.17) is 16.0 Å². The predicted molar refractivity (Wildman–Crippen MR) is 129 cm³/mol. The number of rotatable bonds is 6. The summed E-state index contributed by atoms with van der Waals surface area (Å²) >= 11 is 0. The number of fused-ring (bicyclic) bond motifs is 2. The van der Waals surface area contributed by atoms with E-state index in [2.05, 4.69) is 14.8 Å². The maximum atomic E-state index is 12.8. The first-order valence-corrected chi connectivity index (χ1v) is 10.8. The summed E-state index contributed by atoms with van der Waals surface area (Å²) in [5.41, 5.74) is 2.67. The second kappa shape index (κ2) is 9.04. The predicted octanol–water partition coefficient (Wildman–Crippen LogP) is 6.15. The summed E-state index contributed by atoms with van der Waals surface area (Å²) in [6.07, 6.45) is 3.24. The Morgan fingerprint density at radius 2 is 1.82 bits per heavy atom. The van der Waals surface area contributed by atoms with Crippen LogP contribution in [0.5, 0.6) is 11.8 Å². The van der Waals surface area contributed by atoms with Gasteiger partial charge < -0.3 is 14.0 Å². The zero-order valence-electron chi connectivity index (χ0n) is 18.4. The zero-order chi connectivity index (χ0) is 23.5. The number of esters is 1. The van der Waals surface area contributed by atoms with E-state index >= 15 is 0 Å². The van der Waals surface area contributed by atoms with Gasteiger partial charge in [-0.05, 0) is 59.0 Å². The molecule has 3 aromatic carbocycles. The van der Waals surface area contributed by atoms with Crippen LogP contribution in [-0.2, 0) is 11.3 Å². The number of hydrogen-bond acceptors (Lipinski definition) is 5. The third-order valence-corrected chi connectivity index (χ3v) is 5.50. The highest BCUT2D eigenvalue weighted by Gasteiger charge is 2.18. The van der Waals surface area contributed by atoms with Gasteiger partial charge in [0, 0.05) is 24.5 Å². The summed E-state index contributed by atoms with van der Waals surface area (Å²) in [5.74, 6) is 0.188. The Bertz CT molecular complexity index is 1550. The lowest BCUT2D eigenvalue weighted by atomic mass is 10.0. The molecule has 0 aliphatic carbocycles. The van der Waals surface area contributed by atoms with Crippen molar-refractivity contribution in [1.29, 1.82) is 0 Å². The van der Waals surface area contributed by atoms with Gasteiger partial charge in [-0.1, -0.05) is 36.4 Å². The van der Waals surface area contributed by atoms with Crippen molar-refractivity contribution in [2.45, 2.75) is 13.5 Å². The van der Waals surface area contributed by atoms with Crippen molar-refractivity contribution in [2.75, 3.05) is 6.61 Å². The molecule has 0 amide bonds. The van der Waals surface area contributed by atoms with Gasteiger partial charge in [-0.3, -0.25) is 0 Å². The van der Waals surface area contributed by atoms with E-state index in [-0.39, 0.29) is 12.6 Å². The largest absolute Gasteiger partial charge is 0.461 e. The summed E-state index contributed by atoms with van der Waals surface area (Å²) in [7, 11) is 0. The smallest absolute Gasteiger partial charge is 0.354 e. The highest BCUT2D eigenvalue weighted by molar-refractivity contribution is 5.97. The first-order chi connectivity index (χ1) is 16.7. The van der Waals surface area contributed by atoms with Gasteiger partial charge in [0.1, 0.15) is 11.4 Å². The van der Waals surface area contributed by atoms with Gasteiger partial charge in [0.25, 0.3) is 0 Å². The van der Waals surface area contributed by atoms with Gasteiger partial charge in [0.05, 0.1) is 13.2 Å². The van der Waals surface area contributed by atoms with Crippen LogP contribution in [0.2, 0.25) is 0 Å². The second-order valence-electron chi connectivity index (χ2n) is 7.63. The monoisotopic (exact) mass is 448 g/mol. The Balaban J connectivity index is 1.66. The highest BCUT2D eigenvalue weighted by Crippen LogP contribution is 2.31. The van der Waals surface area contributed by atoms with Crippen molar-refractivity contribution in [1.82, 2.24) is 14.5 Å². The lowest BCUT2D eigenvalue weighted by Crippen LogP contribution is -2.13. The molecule has 0 spiro atoms. The highest BCUT2D eigenvalue weighted by atomic mass is 16.5. The van der Waals surface area contributed by atoms with E-state index in [1.54, 1.807) is 43.6 Å². The Labute approximate surface area is 196 Å². The Morgan fingerprint density at radius 3 is 2.62 bits per heavy atom. The van der Waals surface area contributed by atoms with Crippen molar-refractivity contribution in [3.05, 3.63) is 102 Å². The molecule has 5 aromatic rings. The molecule has 0 atom stereocenters. The molecule has 2 heterocycles. The molecule has 166 valence electrons. The van der Waals surface area contributed by atoms with E-state index in [0.717, 1.165) is 27.2 Å². The lowest BCUT2D eigenvalue weighted by Gasteiger charge is -2.14. The number of hydrogen-bond donors (Lipinski definition) is 0. The number of benzene rings is 3. The van der Waals surface area contributed by atoms with Crippen LogP contribution in [-0.4, -0.2) is 27.1 Å². The SMILES string of the molecule is [C-]#[N+]c1ccc2cc(C(=O)OCC)n(Cc3cc(Oc4ncccn4)cc4ccccc34)c2c1. The van der Waals surface area contributed by atoms with Gasteiger partial charge in [0.2, 0.25) is 0 Å². The van der Waals surface area contributed by atoms with Gasteiger partial charge in [-0.15, -0.1) is 0 Å². The van der Waals surface area contributed by atoms with E-state index in [9.17, 15) is 4.79 Å². The van der Waals surface area contributed by atoms with E-state index in [1.807, 2.05) is 47.0 Å². The molecule has 0 saturated carbocycles. The molecule has 0 radical (unpaired) electrons. The molecule has 0 bridgehead atoms. The molecule has 0 aliphatic rings. The molecule has 0 aliphatic heterocycles. The average Bonchev–Trinajstić information content (AvgIpc) is 3.22. The molecule has 34 heavy (non-hydrogen) atoms. The summed E-state index contributed by atoms with van der Waals surface area (Å²) in [4.78, 5) is 24.7. The first kappa shape index (κ1) is 21.2. The van der Waals surface area contributed by atoms with Gasteiger partial charge in [-0.2, -0.15) is 0 Å². The molecular formula is C27H20N4O3. The number of nitrogens with zero attached hydrogens (tertiary/aromatic N) is 4.